The fraction of sp³-hybridized carbons (Fsp3) is 0.0769. The number of hydrogen-bond acceptors (Lipinski definition) is 1. The minimum Gasteiger partial charge on any atom is -0.381 e. The predicted molar refractivity (Wildman–Crippen MR) is 80.2 cm³/mol. The molecule has 2 aromatic rings. The third-order valence-electron chi connectivity index (χ3n) is 2.50. The Hall–Kier alpha value is -0.670. The van der Waals surface area contributed by atoms with Crippen LogP contribution in [-0.2, 0) is 6.54 Å². The number of anilines is 1. The quantitative estimate of drug-likeness (QED) is 0.671. The first-order valence-electron chi connectivity index (χ1n) is 5.30. The molecule has 6 heteroatoms. The second-order valence-electron chi connectivity index (χ2n) is 3.82. The number of benzene rings is 2. The van der Waals surface area contributed by atoms with E-state index in [1.165, 1.54) is 12.1 Å². The van der Waals surface area contributed by atoms with E-state index in [0.29, 0.717) is 22.3 Å². The lowest BCUT2D eigenvalue weighted by Gasteiger charge is -2.10. The van der Waals surface area contributed by atoms with Gasteiger partial charge in [-0.25, -0.2) is 4.39 Å². The Bertz CT molecular complexity index is 593. The first-order valence-corrected chi connectivity index (χ1v) is 6.81. The molecular formula is C13H8Cl4FN. The largest absolute Gasteiger partial charge is 0.381 e. The van der Waals surface area contributed by atoms with E-state index < -0.39 is 5.82 Å². The molecule has 0 spiro atoms. The first kappa shape index (κ1) is 14.7. The van der Waals surface area contributed by atoms with Crippen molar-refractivity contribution in [3.63, 3.8) is 0 Å². The van der Waals surface area contributed by atoms with E-state index in [1.54, 1.807) is 12.1 Å². The fourth-order valence-electron chi connectivity index (χ4n) is 1.54. The van der Waals surface area contributed by atoms with Gasteiger partial charge in [0.25, 0.3) is 0 Å². The summed E-state index contributed by atoms with van der Waals surface area (Å²) in [6.45, 7) is 0.428. The maximum Gasteiger partial charge on any atom is 0.160 e. The van der Waals surface area contributed by atoms with Gasteiger partial charge in [0.15, 0.2) is 5.82 Å². The number of halogens is 5. The van der Waals surface area contributed by atoms with Crippen molar-refractivity contribution >= 4 is 52.1 Å². The second kappa shape index (κ2) is 6.19. The number of rotatable bonds is 3. The van der Waals surface area contributed by atoms with Crippen LogP contribution in [-0.4, -0.2) is 0 Å². The molecule has 0 heterocycles. The van der Waals surface area contributed by atoms with Crippen LogP contribution in [0.15, 0.2) is 30.3 Å². The minimum atomic E-state index is -0.630. The lowest BCUT2D eigenvalue weighted by molar-refractivity contribution is 0.629. The lowest BCUT2D eigenvalue weighted by Crippen LogP contribution is -2.00. The highest BCUT2D eigenvalue weighted by atomic mass is 35.5. The van der Waals surface area contributed by atoms with Gasteiger partial charge < -0.3 is 5.32 Å². The molecule has 0 unspecified atom stereocenters. The Morgan fingerprint density at radius 1 is 0.947 bits per heavy atom. The van der Waals surface area contributed by atoms with Crippen LogP contribution in [0.5, 0.6) is 0 Å². The number of hydrogen-bond donors (Lipinski definition) is 1. The molecule has 19 heavy (non-hydrogen) atoms. The van der Waals surface area contributed by atoms with E-state index >= 15 is 0 Å². The number of nitrogens with one attached hydrogen (secondary N) is 1. The summed E-state index contributed by atoms with van der Waals surface area (Å²) in [4.78, 5) is 0. The van der Waals surface area contributed by atoms with Crippen molar-refractivity contribution in [1.82, 2.24) is 0 Å². The van der Waals surface area contributed by atoms with Gasteiger partial charge in [0, 0.05) is 12.2 Å². The maximum absolute atomic E-state index is 13.3. The molecule has 1 N–H and O–H groups in total. The summed E-state index contributed by atoms with van der Waals surface area (Å²) in [5.74, 6) is -0.630. The molecule has 100 valence electrons. The van der Waals surface area contributed by atoms with Crippen LogP contribution >= 0.6 is 46.4 Å². The Kier molecular flexibility index (Phi) is 4.80. The van der Waals surface area contributed by atoms with Crippen molar-refractivity contribution in [3.05, 3.63) is 61.8 Å². The molecule has 2 aromatic carbocycles. The van der Waals surface area contributed by atoms with E-state index in [1.807, 2.05) is 6.07 Å². The molecule has 1 nitrogen and oxygen atoms in total. The van der Waals surface area contributed by atoms with E-state index in [0.717, 1.165) is 5.56 Å². The van der Waals surface area contributed by atoms with Crippen LogP contribution in [0.4, 0.5) is 10.1 Å². The van der Waals surface area contributed by atoms with Gasteiger partial charge in [-0.05, 0) is 23.8 Å². The van der Waals surface area contributed by atoms with Gasteiger partial charge in [0.2, 0.25) is 0 Å². The van der Waals surface area contributed by atoms with Gasteiger partial charge in [-0.2, -0.15) is 0 Å². The summed E-state index contributed by atoms with van der Waals surface area (Å²) >= 11 is 23.4. The van der Waals surface area contributed by atoms with Gasteiger partial charge in [0.05, 0.1) is 20.1 Å². The highest BCUT2D eigenvalue weighted by molar-refractivity contribution is 6.42. The standard InChI is InChI=1S/C13H8Cl4FN/c14-9-3-1-2-7(12(9)17)6-19-8-4-10(15)13(18)11(16)5-8/h1-5,19H,6H2. The van der Waals surface area contributed by atoms with Crippen molar-refractivity contribution in [3.8, 4) is 0 Å². The summed E-state index contributed by atoms with van der Waals surface area (Å²) in [6.07, 6.45) is 0. The fourth-order valence-corrected chi connectivity index (χ4v) is 2.41. The molecule has 0 atom stereocenters. The van der Waals surface area contributed by atoms with Crippen molar-refractivity contribution in [2.24, 2.45) is 0 Å². The lowest BCUT2D eigenvalue weighted by atomic mass is 10.2. The Balaban J connectivity index is 2.17. The minimum absolute atomic E-state index is 0.0350. The topological polar surface area (TPSA) is 12.0 Å². The molecule has 0 saturated heterocycles. The second-order valence-corrected chi connectivity index (χ2v) is 5.42. The molecule has 0 saturated carbocycles. The van der Waals surface area contributed by atoms with Gasteiger partial charge in [-0.1, -0.05) is 58.5 Å². The van der Waals surface area contributed by atoms with Gasteiger partial charge in [0.1, 0.15) is 0 Å². The molecule has 0 radical (unpaired) electrons. The summed E-state index contributed by atoms with van der Waals surface area (Å²) in [5, 5.41) is 3.95. The smallest absolute Gasteiger partial charge is 0.160 e. The zero-order valence-corrected chi connectivity index (χ0v) is 12.5. The maximum atomic E-state index is 13.3. The van der Waals surface area contributed by atoms with Gasteiger partial charge in [-0.3, -0.25) is 0 Å². The van der Waals surface area contributed by atoms with Crippen LogP contribution in [0.3, 0.4) is 0 Å². The van der Waals surface area contributed by atoms with E-state index in [4.69, 9.17) is 46.4 Å². The van der Waals surface area contributed by atoms with Crippen molar-refractivity contribution < 1.29 is 4.39 Å². The molecule has 0 bridgehead atoms. The van der Waals surface area contributed by atoms with Crippen molar-refractivity contribution in [2.75, 3.05) is 5.32 Å². The third-order valence-corrected chi connectivity index (χ3v) is 3.91. The normalized spacial score (nSPS) is 10.6. The molecule has 0 amide bonds. The molecule has 0 aliphatic carbocycles. The average molecular weight is 339 g/mol. The Morgan fingerprint density at radius 2 is 1.58 bits per heavy atom. The van der Waals surface area contributed by atoms with Crippen LogP contribution < -0.4 is 5.32 Å². The van der Waals surface area contributed by atoms with Crippen LogP contribution in [0.25, 0.3) is 0 Å². The van der Waals surface area contributed by atoms with Gasteiger partial charge >= 0.3 is 0 Å². The summed E-state index contributed by atoms with van der Waals surface area (Å²) in [6, 6.07) is 8.27. The van der Waals surface area contributed by atoms with Crippen molar-refractivity contribution in [2.45, 2.75) is 6.54 Å². The summed E-state index contributed by atoms with van der Waals surface area (Å²) < 4.78 is 13.3. The van der Waals surface area contributed by atoms with Gasteiger partial charge in [-0.15, -0.1) is 0 Å². The molecule has 0 aliphatic heterocycles. The first-order chi connectivity index (χ1) is 8.99. The Labute approximate surface area is 130 Å². The van der Waals surface area contributed by atoms with Crippen LogP contribution in [0.2, 0.25) is 20.1 Å². The summed E-state index contributed by atoms with van der Waals surface area (Å²) in [5.41, 5.74) is 1.43. The van der Waals surface area contributed by atoms with Crippen LogP contribution in [0, 0.1) is 5.82 Å². The average Bonchev–Trinajstić information content (AvgIpc) is 2.37. The van der Waals surface area contributed by atoms with E-state index in [2.05, 4.69) is 5.32 Å². The highest BCUT2D eigenvalue weighted by Crippen LogP contribution is 2.29. The van der Waals surface area contributed by atoms with E-state index in [9.17, 15) is 4.39 Å². The zero-order valence-electron chi connectivity index (χ0n) is 9.48. The molecule has 0 aromatic heterocycles. The predicted octanol–water partition coefficient (Wildman–Crippen LogP) is 6.05. The van der Waals surface area contributed by atoms with Crippen LogP contribution in [0.1, 0.15) is 5.56 Å². The summed E-state index contributed by atoms with van der Waals surface area (Å²) in [7, 11) is 0. The highest BCUT2D eigenvalue weighted by Gasteiger charge is 2.08. The van der Waals surface area contributed by atoms with E-state index in [-0.39, 0.29) is 10.0 Å². The third kappa shape index (κ3) is 3.46. The van der Waals surface area contributed by atoms with Crippen molar-refractivity contribution in [1.29, 1.82) is 0 Å². The molecule has 0 aliphatic rings. The Morgan fingerprint density at radius 3 is 2.21 bits per heavy atom. The SMILES string of the molecule is Fc1c(Cl)cc(NCc2cccc(Cl)c2Cl)cc1Cl. The molecular weight excluding hydrogens is 331 g/mol. The zero-order chi connectivity index (χ0) is 14.0. The monoisotopic (exact) mass is 337 g/mol. The molecule has 2 rings (SSSR count). The molecule has 0 fully saturated rings.